The first-order chi connectivity index (χ1) is 16.3. The third-order valence-corrected chi connectivity index (χ3v) is 6.37. The van der Waals surface area contributed by atoms with Gasteiger partial charge in [-0.1, -0.05) is 31.5 Å². The molecule has 0 spiro atoms. The molecule has 2 aromatic carbocycles. The average Bonchev–Trinajstić information content (AvgIpc) is 3.19. The summed E-state index contributed by atoms with van der Waals surface area (Å²) in [6.45, 7) is 5.57. The molecule has 0 radical (unpaired) electrons. The molecule has 0 aliphatic carbocycles. The summed E-state index contributed by atoms with van der Waals surface area (Å²) in [4.78, 5) is 25.0. The maximum atomic E-state index is 13.0. The first kappa shape index (κ1) is 26.5. The van der Waals surface area contributed by atoms with E-state index in [0.29, 0.717) is 40.0 Å². The van der Waals surface area contributed by atoms with Crippen LogP contribution in [0.3, 0.4) is 0 Å². The monoisotopic (exact) mass is 515 g/mol. The molecule has 8 nitrogen and oxygen atoms in total. The van der Waals surface area contributed by atoms with Gasteiger partial charge in [-0.25, -0.2) is 4.79 Å². The summed E-state index contributed by atoms with van der Waals surface area (Å²) in [5.74, 6) is 0.0476. The van der Waals surface area contributed by atoms with Gasteiger partial charge in [0.1, 0.15) is 0 Å². The Morgan fingerprint density at radius 2 is 2.09 bits per heavy atom. The SMILES string of the molecule is CC(C)Cc1c(-c2cc(C#N)ccc2Cl)ccc2c1c(NC(=O)[C@@H]1CCCNC1)nn2C(=O)O.Cl. The van der Waals surface area contributed by atoms with Gasteiger partial charge in [0, 0.05) is 22.5 Å². The summed E-state index contributed by atoms with van der Waals surface area (Å²) < 4.78 is 0.894. The number of aromatic nitrogens is 2. The Bertz CT molecular complexity index is 1310. The van der Waals surface area contributed by atoms with Crippen molar-refractivity contribution in [2.24, 2.45) is 11.8 Å². The first-order valence-electron chi connectivity index (χ1n) is 11.3. The van der Waals surface area contributed by atoms with Crippen LogP contribution in [0.2, 0.25) is 5.02 Å². The fourth-order valence-electron chi connectivity index (χ4n) is 4.48. The molecule has 0 unspecified atom stereocenters. The molecule has 1 aromatic heterocycles. The highest BCUT2D eigenvalue weighted by atomic mass is 35.5. The molecule has 35 heavy (non-hydrogen) atoms. The normalized spacial score (nSPS) is 15.5. The highest BCUT2D eigenvalue weighted by Gasteiger charge is 2.26. The van der Waals surface area contributed by atoms with Gasteiger partial charge in [-0.05, 0) is 67.1 Å². The maximum Gasteiger partial charge on any atom is 0.432 e. The Kier molecular flexibility index (Phi) is 8.39. The van der Waals surface area contributed by atoms with Gasteiger partial charge < -0.3 is 15.7 Å². The predicted octanol–water partition coefficient (Wildman–Crippen LogP) is 5.31. The van der Waals surface area contributed by atoms with Gasteiger partial charge in [0.05, 0.1) is 23.1 Å². The number of hydrogen-bond acceptors (Lipinski definition) is 5. The Labute approximate surface area is 214 Å². The highest BCUT2D eigenvalue weighted by molar-refractivity contribution is 6.33. The van der Waals surface area contributed by atoms with Gasteiger partial charge in [0.2, 0.25) is 5.91 Å². The van der Waals surface area contributed by atoms with E-state index in [4.69, 9.17) is 11.6 Å². The molecule has 3 N–H and O–H groups in total. The molecule has 0 saturated carbocycles. The molecule has 184 valence electrons. The van der Waals surface area contributed by atoms with Crippen LogP contribution in [0.1, 0.15) is 37.8 Å². The summed E-state index contributed by atoms with van der Waals surface area (Å²) in [6, 6.07) is 10.7. The summed E-state index contributed by atoms with van der Waals surface area (Å²) in [6.07, 6.45) is 1.02. The number of carboxylic acid groups (broad SMARTS) is 1. The van der Waals surface area contributed by atoms with E-state index in [-0.39, 0.29) is 36.0 Å². The molecular weight excluding hydrogens is 489 g/mol. The van der Waals surface area contributed by atoms with Crippen LogP contribution in [0.25, 0.3) is 22.0 Å². The third kappa shape index (κ3) is 5.43. The van der Waals surface area contributed by atoms with Crippen LogP contribution in [-0.2, 0) is 11.2 Å². The van der Waals surface area contributed by atoms with E-state index >= 15 is 0 Å². The van der Waals surface area contributed by atoms with Crippen molar-refractivity contribution >= 4 is 52.7 Å². The third-order valence-electron chi connectivity index (χ3n) is 6.04. The fraction of sp³-hybridized carbons (Fsp3) is 0.360. The maximum absolute atomic E-state index is 13.0. The molecule has 2 heterocycles. The minimum Gasteiger partial charge on any atom is -0.463 e. The van der Waals surface area contributed by atoms with Crippen LogP contribution in [-0.4, -0.2) is 40.0 Å². The number of carbonyl (C=O) groups is 2. The van der Waals surface area contributed by atoms with E-state index in [1.54, 1.807) is 30.3 Å². The second-order valence-corrected chi connectivity index (χ2v) is 9.37. The lowest BCUT2D eigenvalue weighted by Gasteiger charge is -2.21. The number of hydrogen-bond donors (Lipinski definition) is 3. The number of rotatable bonds is 5. The predicted molar refractivity (Wildman–Crippen MR) is 138 cm³/mol. The van der Waals surface area contributed by atoms with Crippen molar-refractivity contribution in [1.29, 1.82) is 5.26 Å². The molecule has 4 rings (SSSR count). The zero-order valence-electron chi connectivity index (χ0n) is 19.5. The van der Waals surface area contributed by atoms with E-state index in [1.165, 1.54) is 0 Å². The standard InChI is InChI=1S/C25H26ClN5O3.ClH/c1-14(2)10-19-17(18-11-15(12-27)5-7-20(18)26)6-8-21-22(19)23(30-31(21)25(33)34)29-24(32)16-4-3-9-28-13-16;/h5-8,11,14,16,28H,3-4,9-10,13H2,1-2H3,(H,33,34)(H,29,30,32);1H/t16-;/m1./s1. The van der Waals surface area contributed by atoms with Crippen molar-refractivity contribution in [3.05, 3.63) is 46.5 Å². The molecule has 3 aromatic rings. The van der Waals surface area contributed by atoms with Crippen LogP contribution < -0.4 is 10.6 Å². The van der Waals surface area contributed by atoms with Gasteiger partial charge >= 0.3 is 6.09 Å². The average molecular weight is 516 g/mol. The largest absolute Gasteiger partial charge is 0.463 e. The highest BCUT2D eigenvalue weighted by Crippen LogP contribution is 2.39. The van der Waals surface area contributed by atoms with Gasteiger partial charge in [0.15, 0.2) is 5.82 Å². The Morgan fingerprint density at radius 3 is 2.71 bits per heavy atom. The van der Waals surface area contributed by atoms with Gasteiger partial charge in [-0.3, -0.25) is 4.79 Å². The first-order valence-corrected chi connectivity index (χ1v) is 11.7. The number of halogens is 2. The van der Waals surface area contributed by atoms with Crippen LogP contribution in [0.5, 0.6) is 0 Å². The summed E-state index contributed by atoms with van der Waals surface area (Å²) in [7, 11) is 0. The number of piperidine rings is 1. The van der Waals surface area contributed by atoms with Crippen molar-refractivity contribution in [3.8, 4) is 17.2 Å². The van der Waals surface area contributed by atoms with Crippen molar-refractivity contribution in [1.82, 2.24) is 15.1 Å². The lowest BCUT2D eigenvalue weighted by atomic mass is 9.90. The molecule has 1 amide bonds. The summed E-state index contributed by atoms with van der Waals surface area (Å²) in [5, 5.41) is 30.6. The Hall–Kier alpha value is -3.12. The molecule has 1 aliphatic rings. The minimum atomic E-state index is -1.24. The topological polar surface area (TPSA) is 120 Å². The molecule has 1 fully saturated rings. The van der Waals surface area contributed by atoms with E-state index < -0.39 is 6.09 Å². The van der Waals surface area contributed by atoms with Crippen molar-refractivity contribution in [2.75, 3.05) is 18.4 Å². The zero-order chi connectivity index (χ0) is 24.4. The van der Waals surface area contributed by atoms with Gasteiger partial charge in [0.25, 0.3) is 0 Å². The Morgan fingerprint density at radius 1 is 1.31 bits per heavy atom. The lowest BCUT2D eigenvalue weighted by Crippen LogP contribution is -2.37. The fourth-order valence-corrected chi connectivity index (χ4v) is 4.70. The number of benzene rings is 2. The number of anilines is 1. The van der Waals surface area contributed by atoms with Crippen LogP contribution in [0.4, 0.5) is 10.6 Å². The second-order valence-electron chi connectivity index (χ2n) is 8.97. The molecule has 1 atom stereocenters. The number of carbonyl (C=O) groups excluding carboxylic acids is 1. The summed E-state index contributed by atoms with van der Waals surface area (Å²) in [5.41, 5.74) is 3.14. The molecule has 1 aliphatic heterocycles. The number of nitriles is 1. The van der Waals surface area contributed by atoms with Crippen molar-refractivity contribution in [3.63, 3.8) is 0 Å². The number of amides is 1. The quantitative estimate of drug-likeness (QED) is 0.423. The van der Waals surface area contributed by atoms with E-state index in [9.17, 15) is 20.0 Å². The minimum absolute atomic E-state index is 0. The van der Waals surface area contributed by atoms with Crippen molar-refractivity contribution in [2.45, 2.75) is 33.1 Å². The van der Waals surface area contributed by atoms with Gasteiger partial charge in [-0.15, -0.1) is 17.5 Å². The van der Waals surface area contributed by atoms with Crippen LogP contribution >= 0.6 is 24.0 Å². The van der Waals surface area contributed by atoms with E-state index in [1.807, 2.05) is 0 Å². The van der Waals surface area contributed by atoms with E-state index in [2.05, 4.69) is 35.6 Å². The second kappa shape index (κ2) is 11.1. The molecule has 0 bridgehead atoms. The lowest BCUT2D eigenvalue weighted by molar-refractivity contribution is -0.120. The molecular formula is C25H27Cl2N5O3. The number of nitrogens with one attached hydrogen (secondary N) is 2. The smallest absolute Gasteiger partial charge is 0.432 e. The van der Waals surface area contributed by atoms with Crippen molar-refractivity contribution < 1.29 is 14.7 Å². The van der Waals surface area contributed by atoms with Crippen LogP contribution in [0.15, 0.2) is 30.3 Å². The molecule has 10 heteroatoms. The number of nitrogens with zero attached hydrogens (tertiary/aromatic N) is 3. The zero-order valence-corrected chi connectivity index (χ0v) is 21.0. The van der Waals surface area contributed by atoms with Gasteiger partial charge in [-0.2, -0.15) is 9.94 Å². The van der Waals surface area contributed by atoms with E-state index in [0.717, 1.165) is 35.2 Å². The summed E-state index contributed by atoms with van der Waals surface area (Å²) >= 11 is 6.53. The number of fused-ring (bicyclic) bond motifs is 1. The molecule has 1 saturated heterocycles. The van der Waals surface area contributed by atoms with Crippen LogP contribution in [0, 0.1) is 23.2 Å². The Balaban J connectivity index is 0.00000342.